The molecular formula is C21H23NO3. The number of amides is 1. The minimum Gasteiger partial charge on any atom is -0.481 e. The van der Waals surface area contributed by atoms with E-state index >= 15 is 0 Å². The third kappa shape index (κ3) is 3.58. The van der Waals surface area contributed by atoms with Gasteiger partial charge in [0.25, 0.3) is 5.91 Å². The van der Waals surface area contributed by atoms with Gasteiger partial charge < -0.3 is 10.4 Å². The molecule has 0 spiro atoms. The molecule has 1 atom stereocenters. The quantitative estimate of drug-likeness (QED) is 0.844. The molecule has 4 nitrogen and oxygen atoms in total. The summed E-state index contributed by atoms with van der Waals surface area (Å²) in [5, 5.41) is 12.4. The minimum atomic E-state index is -1.16. The molecule has 1 unspecified atom stereocenters. The van der Waals surface area contributed by atoms with E-state index in [0.29, 0.717) is 17.0 Å². The van der Waals surface area contributed by atoms with Gasteiger partial charge in [0.2, 0.25) is 0 Å². The van der Waals surface area contributed by atoms with Crippen LogP contribution in [0.5, 0.6) is 0 Å². The Hall–Kier alpha value is -2.62. The van der Waals surface area contributed by atoms with E-state index in [4.69, 9.17) is 0 Å². The monoisotopic (exact) mass is 337 g/mol. The summed E-state index contributed by atoms with van der Waals surface area (Å²) < 4.78 is 0. The summed E-state index contributed by atoms with van der Waals surface area (Å²) in [7, 11) is 0. The number of carbonyl (C=O) groups is 2. The van der Waals surface area contributed by atoms with Gasteiger partial charge in [-0.2, -0.15) is 0 Å². The van der Waals surface area contributed by atoms with Crippen molar-refractivity contribution in [1.29, 1.82) is 0 Å². The first kappa shape index (κ1) is 17.2. The Morgan fingerprint density at radius 3 is 2.24 bits per heavy atom. The lowest BCUT2D eigenvalue weighted by Crippen LogP contribution is -2.44. The number of hydrogen-bond donors (Lipinski definition) is 2. The molecule has 1 amide bonds. The number of rotatable bonds is 6. The number of benzene rings is 2. The average molecular weight is 337 g/mol. The summed E-state index contributed by atoms with van der Waals surface area (Å²) in [5.41, 5.74) is 1.34. The highest BCUT2D eigenvalue weighted by molar-refractivity contribution is 5.95. The summed E-state index contributed by atoms with van der Waals surface area (Å²) in [5.74, 6) is -0.576. The molecule has 0 bridgehead atoms. The maximum absolute atomic E-state index is 12.4. The van der Waals surface area contributed by atoms with Crippen LogP contribution in [0, 0.1) is 0 Å². The van der Waals surface area contributed by atoms with E-state index < -0.39 is 11.4 Å². The molecule has 1 fully saturated rings. The predicted octanol–water partition coefficient (Wildman–Crippen LogP) is 3.73. The van der Waals surface area contributed by atoms with Crippen molar-refractivity contribution >= 4 is 11.9 Å². The zero-order chi connectivity index (χ0) is 17.9. The van der Waals surface area contributed by atoms with Gasteiger partial charge >= 0.3 is 5.97 Å². The zero-order valence-electron chi connectivity index (χ0n) is 14.4. The first-order chi connectivity index (χ1) is 12.0. The van der Waals surface area contributed by atoms with Gasteiger partial charge in [0.05, 0.1) is 0 Å². The average Bonchev–Trinajstić information content (AvgIpc) is 2.59. The summed E-state index contributed by atoms with van der Waals surface area (Å²) in [4.78, 5) is 24.2. The van der Waals surface area contributed by atoms with E-state index in [0.717, 1.165) is 0 Å². The van der Waals surface area contributed by atoms with Crippen molar-refractivity contribution in [2.24, 2.45) is 0 Å². The first-order valence-corrected chi connectivity index (χ1v) is 8.68. The summed E-state index contributed by atoms with van der Waals surface area (Å²) in [6, 6.07) is 16.6. The van der Waals surface area contributed by atoms with E-state index in [2.05, 4.69) is 5.32 Å². The standard InChI is InChI=1S/C21H23NO3/c1-21(20(24)25,18-8-3-2-4-9-18)14-22-19(23)17-12-10-16(11-13-17)15-6-5-7-15/h2-4,8-13,15H,5-7,14H2,1H3,(H,22,23)(H,24,25). The maximum Gasteiger partial charge on any atom is 0.315 e. The van der Waals surface area contributed by atoms with Gasteiger partial charge in [0.1, 0.15) is 5.41 Å². The second-order valence-corrected chi connectivity index (χ2v) is 6.94. The summed E-state index contributed by atoms with van der Waals surface area (Å²) in [6.07, 6.45) is 3.72. The third-order valence-corrected chi connectivity index (χ3v) is 5.23. The summed E-state index contributed by atoms with van der Waals surface area (Å²) in [6.45, 7) is 1.67. The Labute approximate surface area is 147 Å². The molecule has 2 aromatic rings. The maximum atomic E-state index is 12.4. The normalized spacial score (nSPS) is 16.5. The van der Waals surface area contributed by atoms with Crippen LogP contribution >= 0.6 is 0 Å². The number of hydrogen-bond acceptors (Lipinski definition) is 2. The van der Waals surface area contributed by atoms with Crippen molar-refractivity contribution < 1.29 is 14.7 Å². The SMILES string of the molecule is CC(CNC(=O)c1ccc(C2CCC2)cc1)(C(=O)O)c1ccccc1. The van der Waals surface area contributed by atoms with Crippen molar-refractivity contribution in [3.8, 4) is 0 Å². The molecule has 0 radical (unpaired) electrons. The van der Waals surface area contributed by atoms with Crippen molar-refractivity contribution in [1.82, 2.24) is 5.32 Å². The van der Waals surface area contributed by atoms with E-state index in [1.54, 1.807) is 31.2 Å². The third-order valence-electron chi connectivity index (χ3n) is 5.23. The smallest absolute Gasteiger partial charge is 0.315 e. The lowest BCUT2D eigenvalue weighted by atomic mass is 9.80. The number of nitrogens with one attached hydrogen (secondary N) is 1. The Morgan fingerprint density at radius 2 is 1.72 bits per heavy atom. The van der Waals surface area contributed by atoms with E-state index in [-0.39, 0.29) is 12.5 Å². The van der Waals surface area contributed by atoms with Crippen LogP contribution in [0.15, 0.2) is 54.6 Å². The highest BCUT2D eigenvalue weighted by Crippen LogP contribution is 2.36. The molecule has 3 rings (SSSR count). The Kier molecular flexibility index (Phi) is 4.88. The van der Waals surface area contributed by atoms with Crippen molar-refractivity contribution in [2.75, 3.05) is 6.54 Å². The lowest BCUT2D eigenvalue weighted by molar-refractivity contribution is -0.142. The van der Waals surface area contributed by atoms with E-state index in [9.17, 15) is 14.7 Å². The fraction of sp³-hybridized carbons (Fsp3) is 0.333. The Balaban J connectivity index is 1.68. The van der Waals surface area contributed by atoms with Crippen LogP contribution in [0.3, 0.4) is 0 Å². The molecule has 130 valence electrons. The van der Waals surface area contributed by atoms with Crippen LogP contribution < -0.4 is 5.32 Å². The molecule has 0 saturated heterocycles. The van der Waals surface area contributed by atoms with Crippen molar-refractivity contribution in [3.05, 3.63) is 71.3 Å². The topological polar surface area (TPSA) is 66.4 Å². The van der Waals surface area contributed by atoms with Gasteiger partial charge in [0, 0.05) is 12.1 Å². The fourth-order valence-corrected chi connectivity index (χ4v) is 3.11. The molecule has 0 heterocycles. The van der Waals surface area contributed by atoms with Crippen LogP contribution in [0.1, 0.15) is 53.6 Å². The van der Waals surface area contributed by atoms with Gasteiger partial charge in [-0.3, -0.25) is 9.59 Å². The van der Waals surface area contributed by atoms with Crippen molar-refractivity contribution in [2.45, 2.75) is 37.5 Å². The van der Waals surface area contributed by atoms with Crippen LogP contribution in [-0.2, 0) is 10.2 Å². The van der Waals surface area contributed by atoms with E-state index in [1.165, 1.54) is 24.8 Å². The first-order valence-electron chi connectivity index (χ1n) is 8.68. The molecular weight excluding hydrogens is 314 g/mol. The van der Waals surface area contributed by atoms with Crippen LogP contribution in [0.25, 0.3) is 0 Å². The van der Waals surface area contributed by atoms with Crippen LogP contribution in [-0.4, -0.2) is 23.5 Å². The highest BCUT2D eigenvalue weighted by Gasteiger charge is 2.35. The molecule has 2 N–H and O–H groups in total. The number of carboxylic acid groups (broad SMARTS) is 1. The zero-order valence-corrected chi connectivity index (χ0v) is 14.4. The van der Waals surface area contributed by atoms with Gasteiger partial charge in [-0.15, -0.1) is 0 Å². The number of carbonyl (C=O) groups excluding carboxylic acids is 1. The largest absolute Gasteiger partial charge is 0.481 e. The summed E-state index contributed by atoms with van der Waals surface area (Å²) >= 11 is 0. The fourth-order valence-electron chi connectivity index (χ4n) is 3.11. The van der Waals surface area contributed by atoms with Gasteiger partial charge in [-0.1, -0.05) is 48.9 Å². The minimum absolute atomic E-state index is 0.0373. The van der Waals surface area contributed by atoms with Crippen molar-refractivity contribution in [3.63, 3.8) is 0 Å². The van der Waals surface area contributed by atoms with E-state index in [1.807, 2.05) is 30.3 Å². The molecule has 4 heteroatoms. The molecule has 1 aliphatic carbocycles. The molecule has 25 heavy (non-hydrogen) atoms. The molecule has 1 aliphatic rings. The number of aliphatic carboxylic acids is 1. The molecule has 2 aromatic carbocycles. The Morgan fingerprint density at radius 1 is 1.08 bits per heavy atom. The molecule has 0 aromatic heterocycles. The van der Waals surface area contributed by atoms with Gasteiger partial charge in [0.15, 0.2) is 0 Å². The second kappa shape index (κ2) is 7.09. The molecule has 0 aliphatic heterocycles. The molecule has 1 saturated carbocycles. The van der Waals surface area contributed by atoms with Gasteiger partial charge in [-0.05, 0) is 48.9 Å². The van der Waals surface area contributed by atoms with Gasteiger partial charge in [-0.25, -0.2) is 0 Å². The number of carboxylic acids is 1. The highest BCUT2D eigenvalue weighted by atomic mass is 16.4. The lowest BCUT2D eigenvalue weighted by Gasteiger charge is -2.26. The van der Waals surface area contributed by atoms with Crippen LogP contribution in [0.4, 0.5) is 0 Å². The predicted molar refractivity (Wildman–Crippen MR) is 96.8 cm³/mol. The Bertz CT molecular complexity index is 750. The second-order valence-electron chi connectivity index (χ2n) is 6.94. The van der Waals surface area contributed by atoms with Crippen LogP contribution in [0.2, 0.25) is 0 Å².